The van der Waals surface area contributed by atoms with Crippen LogP contribution < -0.4 is 5.32 Å². The van der Waals surface area contributed by atoms with Crippen LogP contribution in [0.4, 0.5) is 5.95 Å². The number of fused-ring (bicyclic) bond motifs is 1. The van der Waals surface area contributed by atoms with Crippen molar-refractivity contribution in [2.24, 2.45) is 0 Å². The smallest absolute Gasteiger partial charge is 0.227 e. The standard InChI is InChI=1S/C22H17Cl3N4OS/c23-14-5-2-1-4-13(14)11-31-22-27-21-26-17-6-3-7-18(30)19(17)20(29(21)28-22)12-8-9-15(24)16(25)10-12/h1-2,4-5,8-10,20H,3,6-7,11H2,(H,26,27,28). The molecule has 5 rings (SSSR count). The number of rotatable bonds is 4. The molecular formula is C22H17Cl3N4OS. The molecule has 2 aliphatic rings. The molecule has 1 atom stereocenters. The fraction of sp³-hybridized carbons (Fsp3) is 0.227. The number of nitrogens with zero attached hydrogens (tertiary/aromatic N) is 3. The van der Waals surface area contributed by atoms with E-state index in [-0.39, 0.29) is 5.78 Å². The summed E-state index contributed by atoms with van der Waals surface area (Å²) in [6.45, 7) is 0. The number of ketones is 1. The lowest BCUT2D eigenvalue weighted by Crippen LogP contribution is -2.31. The molecule has 0 spiro atoms. The number of thioether (sulfide) groups is 1. The highest BCUT2D eigenvalue weighted by molar-refractivity contribution is 7.98. The Morgan fingerprint density at radius 3 is 2.71 bits per heavy atom. The molecule has 9 heteroatoms. The molecule has 1 aromatic heterocycles. The molecule has 0 saturated heterocycles. The van der Waals surface area contributed by atoms with E-state index < -0.39 is 6.04 Å². The lowest BCUT2D eigenvalue weighted by atomic mass is 9.85. The van der Waals surface area contributed by atoms with E-state index in [0.29, 0.717) is 38.3 Å². The van der Waals surface area contributed by atoms with E-state index in [2.05, 4.69) is 10.3 Å². The number of anilines is 1. The summed E-state index contributed by atoms with van der Waals surface area (Å²) < 4.78 is 1.77. The fourth-order valence-electron chi connectivity index (χ4n) is 3.95. The molecule has 31 heavy (non-hydrogen) atoms. The van der Waals surface area contributed by atoms with E-state index in [9.17, 15) is 4.79 Å². The van der Waals surface area contributed by atoms with Gasteiger partial charge < -0.3 is 5.32 Å². The van der Waals surface area contributed by atoms with Crippen LogP contribution in [0.5, 0.6) is 0 Å². The molecule has 1 aliphatic carbocycles. The number of carbonyl (C=O) groups excluding carboxylic acids is 1. The van der Waals surface area contributed by atoms with Gasteiger partial charge in [0.05, 0.1) is 10.0 Å². The van der Waals surface area contributed by atoms with Crippen molar-refractivity contribution < 1.29 is 4.79 Å². The van der Waals surface area contributed by atoms with Gasteiger partial charge in [0.2, 0.25) is 11.1 Å². The highest BCUT2D eigenvalue weighted by atomic mass is 35.5. The predicted molar refractivity (Wildman–Crippen MR) is 125 cm³/mol. The van der Waals surface area contributed by atoms with E-state index in [0.717, 1.165) is 35.2 Å². The zero-order chi connectivity index (χ0) is 21.5. The van der Waals surface area contributed by atoms with Gasteiger partial charge in [0, 0.05) is 28.5 Å². The van der Waals surface area contributed by atoms with Crippen LogP contribution in [0, 0.1) is 0 Å². The molecule has 0 saturated carbocycles. The lowest BCUT2D eigenvalue weighted by molar-refractivity contribution is -0.116. The largest absolute Gasteiger partial charge is 0.328 e. The maximum atomic E-state index is 12.9. The minimum absolute atomic E-state index is 0.122. The topological polar surface area (TPSA) is 59.8 Å². The highest BCUT2D eigenvalue weighted by Gasteiger charge is 2.37. The van der Waals surface area contributed by atoms with Crippen molar-refractivity contribution in [2.75, 3.05) is 5.32 Å². The third-order valence-electron chi connectivity index (χ3n) is 5.42. The maximum absolute atomic E-state index is 12.9. The summed E-state index contributed by atoms with van der Waals surface area (Å²) >= 11 is 20.2. The Bertz CT molecular complexity index is 1220. The SMILES string of the molecule is O=C1CCCC2=C1C(c1ccc(Cl)c(Cl)c1)n1nc(SCc3ccccc3Cl)nc1N2. The zero-order valence-corrected chi connectivity index (χ0v) is 19.3. The predicted octanol–water partition coefficient (Wildman–Crippen LogP) is 6.55. The molecule has 1 N–H and O–H groups in total. The van der Waals surface area contributed by atoms with Crippen LogP contribution >= 0.6 is 46.6 Å². The molecule has 0 radical (unpaired) electrons. The molecule has 1 unspecified atom stereocenters. The first kappa shape index (κ1) is 20.9. The number of nitrogens with one attached hydrogen (secondary N) is 1. The van der Waals surface area contributed by atoms with Crippen LogP contribution in [0.3, 0.4) is 0 Å². The molecule has 2 heterocycles. The Hall–Kier alpha value is -1.99. The van der Waals surface area contributed by atoms with Crippen molar-refractivity contribution in [2.45, 2.75) is 36.2 Å². The number of Topliss-reactive ketones (excluding diaryl/α,β-unsaturated/α-hetero) is 1. The Balaban J connectivity index is 1.53. The second-order valence-corrected chi connectivity index (χ2v) is 9.58. The molecular weight excluding hydrogens is 475 g/mol. The van der Waals surface area contributed by atoms with Crippen molar-refractivity contribution in [3.63, 3.8) is 0 Å². The summed E-state index contributed by atoms with van der Waals surface area (Å²) in [5.74, 6) is 1.38. The third kappa shape index (κ3) is 3.98. The van der Waals surface area contributed by atoms with Gasteiger partial charge >= 0.3 is 0 Å². The molecule has 158 valence electrons. The van der Waals surface area contributed by atoms with E-state index in [1.807, 2.05) is 30.3 Å². The van der Waals surface area contributed by atoms with Crippen LogP contribution in [-0.2, 0) is 10.5 Å². The first-order chi connectivity index (χ1) is 15.0. The molecule has 0 amide bonds. The summed E-state index contributed by atoms with van der Waals surface area (Å²) in [6, 6.07) is 12.8. The van der Waals surface area contributed by atoms with E-state index in [1.54, 1.807) is 16.8 Å². The molecule has 0 fully saturated rings. The molecule has 5 nitrogen and oxygen atoms in total. The van der Waals surface area contributed by atoms with Gasteiger partial charge in [0.25, 0.3) is 0 Å². The van der Waals surface area contributed by atoms with Crippen molar-refractivity contribution in [1.82, 2.24) is 14.8 Å². The molecule has 3 aromatic rings. The number of allylic oxidation sites excluding steroid dienone is 2. The van der Waals surface area contributed by atoms with Gasteiger partial charge in [-0.2, -0.15) is 4.98 Å². The monoisotopic (exact) mass is 490 g/mol. The summed E-state index contributed by atoms with van der Waals surface area (Å²) in [4.78, 5) is 17.6. The van der Waals surface area contributed by atoms with Gasteiger partial charge in [-0.05, 0) is 42.2 Å². The Morgan fingerprint density at radius 1 is 1.06 bits per heavy atom. The number of benzene rings is 2. The lowest BCUT2D eigenvalue weighted by Gasteiger charge is -2.32. The van der Waals surface area contributed by atoms with Crippen LogP contribution in [0.15, 0.2) is 58.9 Å². The Morgan fingerprint density at radius 2 is 1.90 bits per heavy atom. The van der Waals surface area contributed by atoms with Crippen molar-refractivity contribution in [3.05, 3.63) is 79.9 Å². The van der Waals surface area contributed by atoms with Crippen LogP contribution in [0.25, 0.3) is 0 Å². The van der Waals surface area contributed by atoms with Crippen molar-refractivity contribution in [1.29, 1.82) is 0 Å². The van der Waals surface area contributed by atoms with E-state index in [4.69, 9.17) is 39.9 Å². The van der Waals surface area contributed by atoms with E-state index >= 15 is 0 Å². The molecule has 2 aromatic carbocycles. The highest BCUT2D eigenvalue weighted by Crippen LogP contribution is 2.42. The van der Waals surface area contributed by atoms with Gasteiger partial charge in [0.1, 0.15) is 6.04 Å². The summed E-state index contributed by atoms with van der Waals surface area (Å²) in [7, 11) is 0. The number of aromatic nitrogens is 3. The second kappa shape index (κ2) is 8.51. The number of carbonyl (C=O) groups is 1. The Kier molecular flexibility index (Phi) is 5.73. The summed E-state index contributed by atoms with van der Waals surface area (Å²) in [5.41, 5.74) is 3.51. The number of hydrogen-bond donors (Lipinski definition) is 1. The first-order valence-electron chi connectivity index (χ1n) is 9.82. The van der Waals surface area contributed by atoms with Gasteiger partial charge in [-0.1, -0.05) is 70.8 Å². The normalized spacial score (nSPS) is 17.9. The quantitative estimate of drug-likeness (QED) is 0.419. The fourth-order valence-corrected chi connectivity index (χ4v) is 5.37. The van der Waals surface area contributed by atoms with Crippen LogP contribution in [-0.4, -0.2) is 20.5 Å². The first-order valence-corrected chi connectivity index (χ1v) is 11.9. The summed E-state index contributed by atoms with van der Waals surface area (Å²) in [5, 5.41) is 10.3. The zero-order valence-electron chi connectivity index (χ0n) is 16.2. The minimum atomic E-state index is -0.393. The van der Waals surface area contributed by atoms with Gasteiger partial charge in [0.15, 0.2) is 5.78 Å². The second-order valence-electron chi connectivity index (χ2n) is 7.41. The summed E-state index contributed by atoms with van der Waals surface area (Å²) in [6.07, 6.45) is 2.14. The average molecular weight is 492 g/mol. The van der Waals surface area contributed by atoms with Gasteiger partial charge in [-0.3, -0.25) is 4.79 Å². The Labute approximate surface area is 198 Å². The number of hydrogen-bond acceptors (Lipinski definition) is 5. The van der Waals surface area contributed by atoms with Gasteiger partial charge in [-0.15, -0.1) is 5.10 Å². The van der Waals surface area contributed by atoms with Crippen molar-refractivity contribution in [3.8, 4) is 0 Å². The van der Waals surface area contributed by atoms with Crippen LogP contribution in [0.2, 0.25) is 15.1 Å². The minimum Gasteiger partial charge on any atom is -0.328 e. The van der Waals surface area contributed by atoms with Crippen molar-refractivity contribution >= 4 is 58.3 Å². The van der Waals surface area contributed by atoms with Gasteiger partial charge in [-0.25, -0.2) is 4.68 Å². The average Bonchev–Trinajstić information content (AvgIpc) is 3.16. The number of halogens is 3. The maximum Gasteiger partial charge on any atom is 0.227 e. The molecule has 0 bridgehead atoms. The van der Waals surface area contributed by atoms with E-state index in [1.165, 1.54) is 11.8 Å². The molecule has 1 aliphatic heterocycles. The third-order valence-corrected chi connectivity index (χ3v) is 7.42. The van der Waals surface area contributed by atoms with Crippen LogP contribution in [0.1, 0.15) is 36.4 Å².